The molecule has 4 nitrogen and oxygen atoms in total. The van der Waals surface area contributed by atoms with Crippen molar-refractivity contribution in [2.75, 3.05) is 21.3 Å². The maximum absolute atomic E-state index is 5.47. The van der Waals surface area contributed by atoms with Crippen molar-refractivity contribution in [2.45, 2.75) is 13.1 Å². The molecule has 0 aliphatic rings. The Morgan fingerprint density at radius 2 is 1.76 bits per heavy atom. The van der Waals surface area contributed by atoms with Crippen LogP contribution in [0.15, 0.2) is 28.1 Å². The Hall–Kier alpha value is -1.24. The molecule has 1 N–H and O–H groups in total. The van der Waals surface area contributed by atoms with Crippen molar-refractivity contribution in [3.05, 3.63) is 38.5 Å². The first-order valence-electron chi connectivity index (χ1n) is 6.41. The Kier molecular flexibility index (Phi) is 5.90. The molecular weight excluding hydrogens is 354 g/mol. The number of thiophene rings is 1. The molecule has 0 aliphatic carbocycles. The number of hydrogen-bond acceptors (Lipinski definition) is 5. The van der Waals surface area contributed by atoms with E-state index >= 15 is 0 Å². The molecular formula is C15H18BrNO3S. The van der Waals surface area contributed by atoms with Crippen molar-refractivity contribution in [2.24, 2.45) is 0 Å². The molecule has 0 unspecified atom stereocenters. The SMILES string of the molecule is COc1ccc(CNCc2sccc2Br)c(OC)c1OC. The lowest BCUT2D eigenvalue weighted by atomic mass is 10.1. The Bertz CT molecular complexity index is 601. The number of methoxy groups -OCH3 is 3. The van der Waals surface area contributed by atoms with Gasteiger partial charge in [0.15, 0.2) is 11.5 Å². The van der Waals surface area contributed by atoms with E-state index in [1.54, 1.807) is 32.7 Å². The molecule has 114 valence electrons. The van der Waals surface area contributed by atoms with Gasteiger partial charge in [-0.25, -0.2) is 0 Å². The molecule has 6 heteroatoms. The van der Waals surface area contributed by atoms with Crippen LogP contribution in [0, 0.1) is 0 Å². The largest absolute Gasteiger partial charge is 0.493 e. The van der Waals surface area contributed by atoms with Gasteiger partial charge >= 0.3 is 0 Å². The summed E-state index contributed by atoms with van der Waals surface area (Å²) in [5.41, 5.74) is 1.03. The summed E-state index contributed by atoms with van der Waals surface area (Å²) in [5.74, 6) is 1.99. The second kappa shape index (κ2) is 7.68. The Morgan fingerprint density at radius 3 is 2.33 bits per heavy atom. The number of ether oxygens (including phenoxy) is 3. The van der Waals surface area contributed by atoms with Gasteiger partial charge in [0.1, 0.15) is 0 Å². The molecule has 0 spiro atoms. The van der Waals surface area contributed by atoms with Gasteiger partial charge in [0.05, 0.1) is 21.3 Å². The molecule has 21 heavy (non-hydrogen) atoms. The molecule has 0 fully saturated rings. The monoisotopic (exact) mass is 371 g/mol. The summed E-state index contributed by atoms with van der Waals surface area (Å²) in [6, 6.07) is 5.93. The molecule has 0 saturated carbocycles. The van der Waals surface area contributed by atoms with E-state index in [9.17, 15) is 0 Å². The summed E-state index contributed by atoms with van der Waals surface area (Å²) in [4.78, 5) is 1.27. The van der Waals surface area contributed by atoms with Gasteiger partial charge < -0.3 is 19.5 Å². The van der Waals surface area contributed by atoms with E-state index < -0.39 is 0 Å². The first-order valence-corrected chi connectivity index (χ1v) is 8.09. The third-order valence-corrected chi connectivity index (χ3v) is 5.00. The Labute approximate surface area is 137 Å². The number of rotatable bonds is 7. The third kappa shape index (κ3) is 3.70. The molecule has 2 rings (SSSR count). The van der Waals surface area contributed by atoms with Gasteiger partial charge in [-0.1, -0.05) is 6.07 Å². The molecule has 1 aromatic carbocycles. The average molecular weight is 372 g/mol. The Morgan fingerprint density at radius 1 is 1.00 bits per heavy atom. The lowest BCUT2D eigenvalue weighted by Crippen LogP contribution is -2.13. The summed E-state index contributed by atoms with van der Waals surface area (Å²) in [5, 5.41) is 5.48. The van der Waals surface area contributed by atoms with Gasteiger partial charge in [-0.05, 0) is 33.4 Å². The topological polar surface area (TPSA) is 39.7 Å². The molecule has 0 saturated heterocycles. The molecule has 0 bridgehead atoms. The van der Waals surface area contributed by atoms with Crippen molar-refractivity contribution in [3.63, 3.8) is 0 Å². The molecule has 0 radical (unpaired) electrons. The molecule has 0 atom stereocenters. The molecule has 0 aliphatic heterocycles. The van der Waals surface area contributed by atoms with Crippen LogP contribution >= 0.6 is 27.3 Å². The molecule has 0 amide bonds. The average Bonchev–Trinajstić information content (AvgIpc) is 2.91. The van der Waals surface area contributed by atoms with Gasteiger partial charge in [0, 0.05) is 28.0 Å². The van der Waals surface area contributed by atoms with E-state index in [0.29, 0.717) is 23.8 Å². The minimum absolute atomic E-state index is 0.622. The van der Waals surface area contributed by atoms with E-state index in [0.717, 1.165) is 16.6 Å². The zero-order valence-electron chi connectivity index (χ0n) is 12.2. The van der Waals surface area contributed by atoms with Gasteiger partial charge in [-0.2, -0.15) is 0 Å². The van der Waals surface area contributed by atoms with E-state index in [4.69, 9.17) is 14.2 Å². The lowest BCUT2D eigenvalue weighted by molar-refractivity contribution is 0.321. The summed E-state index contributed by atoms with van der Waals surface area (Å²) in [7, 11) is 4.86. The maximum atomic E-state index is 5.47. The summed E-state index contributed by atoms with van der Waals surface area (Å²) >= 11 is 5.25. The van der Waals surface area contributed by atoms with Gasteiger partial charge in [-0.3, -0.25) is 0 Å². The predicted molar refractivity (Wildman–Crippen MR) is 88.7 cm³/mol. The van der Waals surface area contributed by atoms with Gasteiger partial charge in [0.25, 0.3) is 0 Å². The smallest absolute Gasteiger partial charge is 0.203 e. The first-order chi connectivity index (χ1) is 10.2. The highest BCUT2D eigenvalue weighted by atomic mass is 79.9. The van der Waals surface area contributed by atoms with Crippen LogP contribution in [0.4, 0.5) is 0 Å². The maximum Gasteiger partial charge on any atom is 0.203 e. The fraction of sp³-hybridized carbons (Fsp3) is 0.333. The van der Waals surface area contributed by atoms with Crippen LogP contribution in [0.25, 0.3) is 0 Å². The Balaban J connectivity index is 2.11. The van der Waals surface area contributed by atoms with Crippen LogP contribution in [0.2, 0.25) is 0 Å². The van der Waals surface area contributed by atoms with Crippen LogP contribution in [-0.2, 0) is 13.1 Å². The molecule has 1 aromatic heterocycles. The molecule has 2 aromatic rings. The lowest BCUT2D eigenvalue weighted by Gasteiger charge is -2.16. The van der Waals surface area contributed by atoms with Crippen LogP contribution in [0.5, 0.6) is 17.2 Å². The number of benzene rings is 1. The quantitative estimate of drug-likeness (QED) is 0.802. The highest BCUT2D eigenvalue weighted by Gasteiger charge is 2.15. The van der Waals surface area contributed by atoms with Gasteiger partial charge in [0.2, 0.25) is 5.75 Å². The normalized spacial score (nSPS) is 10.5. The van der Waals surface area contributed by atoms with Crippen LogP contribution in [0.1, 0.15) is 10.4 Å². The van der Waals surface area contributed by atoms with Crippen molar-refractivity contribution >= 4 is 27.3 Å². The summed E-state index contributed by atoms with van der Waals surface area (Å²) in [6.45, 7) is 1.49. The highest BCUT2D eigenvalue weighted by molar-refractivity contribution is 9.10. The minimum Gasteiger partial charge on any atom is -0.493 e. The third-order valence-electron chi connectivity index (χ3n) is 3.08. The number of halogens is 1. The van der Waals surface area contributed by atoms with Crippen LogP contribution in [-0.4, -0.2) is 21.3 Å². The summed E-state index contributed by atoms with van der Waals surface area (Å²) < 4.78 is 17.3. The number of nitrogens with one attached hydrogen (secondary N) is 1. The second-order valence-electron chi connectivity index (χ2n) is 4.29. The fourth-order valence-electron chi connectivity index (χ4n) is 2.06. The zero-order valence-corrected chi connectivity index (χ0v) is 14.6. The van der Waals surface area contributed by atoms with Crippen LogP contribution in [0.3, 0.4) is 0 Å². The van der Waals surface area contributed by atoms with Crippen molar-refractivity contribution < 1.29 is 14.2 Å². The fourth-order valence-corrected chi connectivity index (χ4v) is 3.53. The van der Waals surface area contributed by atoms with Crippen molar-refractivity contribution in [3.8, 4) is 17.2 Å². The van der Waals surface area contributed by atoms with E-state index in [2.05, 4.69) is 32.7 Å². The van der Waals surface area contributed by atoms with Crippen molar-refractivity contribution in [1.82, 2.24) is 5.32 Å². The van der Waals surface area contributed by atoms with E-state index in [1.165, 1.54) is 4.88 Å². The van der Waals surface area contributed by atoms with E-state index in [1.807, 2.05) is 12.1 Å². The minimum atomic E-state index is 0.622. The number of hydrogen-bond donors (Lipinski definition) is 1. The van der Waals surface area contributed by atoms with Crippen molar-refractivity contribution in [1.29, 1.82) is 0 Å². The highest BCUT2D eigenvalue weighted by Crippen LogP contribution is 2.39. The van der Waals surface area contributed by atoms with Crippen LogP contribution < -0.4 is 19.5 Å². The predicted octanol–water partition coefficient (Wildman–Crippen LogP) is 3.83. The van der Waals surface area contributed by atoms with Gasteiger partial charge in [-0.15, -0.1) is 11.3 Å². The molecule has 1 heterocycles. The summed E-state index contributed by atoms with van der Waals surface area (Å²) in [6.07, 6.45) is 0. The van der Waals surface area contributed by atoms with E-state index in [-0.39, 0.29) is 0 Å². The zero-order chi connectivity index (χ0) is 15.2. The standard InChI is InChI=1S/C15H18BrNO3S/c1-18-12-5-4-10(14(19-2)15(12)20-3)8-17-9-13-11(16)6-7-21-13/h4-7,17H,8-9H2,1-3H3. The first kappa shape index (κ1) is 16.1. The second-order valence-corrected chi connectivity index (χ2v) is 6.14.